The molecule has 1 fully saturated rings. The van der Waals surface area contributed by atoms with Gasteiger partial charge < -0.3 is 15.5 Å². The molecule has 1 saturated carbocycles. The molecule has 1 aromatic carbocycles. The number of phenolic OH excluding ortho intramolecular Hbond substituents is 1. The fourth-order valence-corrected chi connectivity index (χ4v) is 2.98. The van der Waals surface area contributed by atoms with Crippen molar-refractivity contribution < 1.29 is 19.8 Å². The van der Waals surface area contributed by atoms with Gasteiger partial charge in [-0.2, -0.15) is 0 Å². The van der Waals surface area contributed by atoms with Crippen LogP contribution in [-0.2, 0) is 9.59 Å². The second kappa shape index (κ2) is 6.16. The summed E-state index contributed by atoms with van der Waals surface area (Å²) in [5, 5.41) is 21.6. The molecule has 5 heteroatoms. The zero-order valence-corrected chi connectivity index (χ0v) is 12.2. The molecular formula is C16H21NO4. The Hall–Kier alpha value is -2.04. The zero-order valence-electron chi connectivity index (χ0n) is 12.2. The average molecular weight is 291 g/mol. The van der Waals surface area contributed by atoms with E-state index in [2.05, 4.69) is 5.32 Å². The third-order valence-corrected chi connectivity index (χ3v) is 4.25. The number of phenols is 1. The lowest BCUT2D eigenvalue weighted by atomic mass is 9.71. The van der Waals surface area contributed by atoms with Crippen molar-refractivity contribution >= 4 is 17.6 Å². The average Bonchev–Trinajstić information content (AvgIpc) is 2.43. The molecule has 0 atom stereocenters. The van der Waals surface area contributed by atoms with E-state index in [1.165, 1.54) is 6.07 Å². The van der Waals surface area contributed by atoms with Crippen molar-refractivity contribution in [1.29, 1.82) is 0 Å². The number of hydrogen-bond acceptors (Lipinski definition) is 3. The lowest BCUT2D eigenvalue weighted by molar-refractivity contribution is -0.153. The molecule has 0 saturated heterocycles. The molecule has 1 aliphatic rings. The van der Waals surface area contributed by atoms with E-state index < -0.39 is 11.4 Å². The fourth-order valence-electron chi connectivity index (χ4n) is 2.98. The predicted octanol–water partition coefficient (Wildman–Crippen LogP) is 3.06. The molecule has 3 N–H and O–H groups in total. The summed E-state index contributed by atoms with van der Waals surface area (Å²) >= 11 is 0. The van der Waals surface area contributed by atoms with E-state index in [0.717, 1.165) is 24.8 Å². The van der Waals surface area contributed by atoms with Crippen LogP contribution in [0.3, 0.4) is 0 Å². The van der Waals surface area contributed by atoms with Crippen LogP contribution in [0.5, 0.6) is 5.75 Å². The summed E-state index contributed by atoms with van der Waals surface area (Å²) in [6, 6.07) is 4.68. The first-order valence-corrected chi connectivity index (χ1v) is 7.26. The topological polar surface area (TPSA) is 86.6 Å². The van der Waals surface area contributed by atoms with Crippen LogP contribution in [0.15, 0.2) is 18.2 Å². The molecular weight excluding hydrogens is 270 g/mol. The second-order valence-electron chi connectivity index (χ2n) is 5.87. The number of benzene rings is 1. The monoisotopic (exact) mass is 291 g/mol. The number of nitrogens with one attached hydrogen (secondary N) is 1. The SMILES string of the molecule is Cc1cc(O)ccc1NC(=O)CC1(C(=O)O)CCCCC1. The first-order valence-electron chi connectivity index (χ1n) is 7.26. The van der Waals surface area contributed by atoms with Crippen LogP contribution in [0.4, 0.5) is 5.69 Å². The Kier molecular flexibility index (Phi) is 4.50. The maximum atomic E-state index is 12.2. The Morgan fingerprint density at radius 3 is 2.48 bits per heavy atom. The molecule has 0 bridgehead atoms. The zero-order chi connectivity index (χ0) is 15.5. The number of carbonyl (C=O) groups is 2. The molecule has 1 aromatic rings. The van der Waals surface area contributed by atoms with Crippen LogP contribution in [0.2, 0.25) is 0 Å². The van der Waals surface area contributed by atoms with Gasteiger partial charge in [0.2, 0.25) is 5.91 Å². The fraction of sp³-hybridized carbons (Fsp3) is 0.500. The summed E-state index contributed by atoms with van der Waals surface area (Å²) in [7, 11) is 0. The molecule has 0 aromatic heterocycles. The number of anilines is 1. The van der Waals surface area contributed by atoms with Crippen molar-refractivity contribution in [2.45, 2.75) is 45.4 Å². The predicted molar refractivity (Wildman–Crippen MR) is 79.2 cm³/mol. The lowest BCUT2D eigenvalue weighted by Gasteiger charge is -2.32. The van der Waals surface area contributed by atoms with Crippen molar-refractivity contribution in [1.82, 2.24) is 0 Å². The minimum absolute atomic E-state index is 0.00263. The van der Waals surface area contributed by atoms with Gasteiger partial charge in [-0.15, -0.1) is 0 Å². The van der Waals surface area contributed by atoms with Crippen LogP contribution in [0.25, 0.3) is 0 Å². The standard InChI is InChI=1S/C16H21NO4/c1-11-9-12(18)5-6-13(11)17-14(19)10-16(15(20)21)7-3-2-4-8-16/h5-6,9,18H,2-4,7-8,10H2,1H3,(H,17,19)(H,20,21). The molecule has 0 spiro atoms. The number of carboxylic acids is 1. The van der Waals surface area contributed by atoms with Gasteiger partial charge >= 0.3 is 5.97 Å². The molecule has 0 radical (unpaired) electrons. The van der Waals surface area contributed by atoms with Gasteiger partial charge in [0.1, 0.15) is 5.75 Å². The van der Waals surface area contributed by atoms with E-state index in [1.807, 2.05) is 0 Å². The molecule has 2 rings (SSSR count). The Morgan fingerprint density at radius 1 is 1.24 bits per heavy atom. The summed E-state index contributed by atoms with van der Waals surface area (Å²) in [6.07, 6.45) is 3.88. The van der Waals surface area contributed by atoms with Crippen molar-refractivity contribution in [3.05, 3.63) is 23.8 Å². The molecule has 0 heterocycles. The Labute approximate surface area is 124 Å². The van der Waals surface area contributed by atoms with Crippen LogP contribution in [-0.4, -0.2) is 22.1 Å². The van der Waals surface area contributed by atoms with Crippen LogP contribution < -0.4 is 5.32 Å². The molecule has 0 aliphatic heterocycles. The number of aromatic hydroxyl groups is 1. The normalized spacial score (nSPS) is 17.2. The van der Waals surface area contributed by atoms with Gasteiger partial charge in [-0.25, -0.2) is 0 Å². The van der Waals surface area contributed by atoms with E-state index in [1.54, 1.807) is 19.1 Å². The highest BCUT2D eigenvalue weighted by molar-refractivity contribution is 5.94. The van der Waals surface area contributed by atoms with Gasteiger partial charge in [-0.1, -0.05) is 19.3 Å². The van der Waals surface area contributed by atoms with Crippen LogP contribution >= 0.6 is 0 Å². The summed E-state index contributed by atoms with van der Waals surface area (Å²) in [6.45, 7) is 1.78. The molecule has 5 nitrogen and oxygen atoms in total. The third-order valence-electron chi connectivity index (χ3n) is 4.25. The van der Waals surface area contributed by atoms with E-state index in [-0.39, 0.29) is 18.1 Å². The van der Waals surface area contributed by atoms with E-state index in [0.29, 0.717) is 18.5 Å². The largest absolute Gasteiger partial charge is 0.508 e. The lowest BCUT2D eigenvalue weighted by Crippen LogP contribution is -2.37. The van der Waals surface area contributed by atoms with Gasteiger partial charge in [0.25, 0.3) is 0 Å². The highest BCUT2D eigenvalue weighted by atomic mass is 16.4. The summed E-state index contributed by atoms with van der Waals surface area (Å²) in [5.74, 6) is -1.02. The third kappa shape index (κ3) is 3.54. The molecule has 1 amide bonds. The summed E-state index contributed by atoms with van der Waals surface area (Å²) in [4.78, 5) is 23.8. The van der Waals surface area contributed by atoms with Gasteiger partial charge in [0.05, 0.1) is 5.41 Å². The number of aliphatic carboxylic acids is 1. The Morgan fingerprint density at radius 2 is 1.90 bits per heavy atom. The highest BCUT2D eigenvalue weighted by Crippen LogP contribution is 2.40. The second-order valence-corrected chi connectivity index (χ2v) is 5.87. The molecule has 114 valence electrons. The first kappa shape index (κ1) is 15.4. The number of carbonyl (C=O) groups excluding carboxylic acids is 1. The maximum absolute atomic E-state index is 12.2. The minimum Gasteiger partial charge on any atom is -0.508 e. The van der Waals surface area contributed by atoms with E-state index >= 15 is 0 Å². The quantitative estimate of drug-likeness (QED) is 0.744. The van der Waals surface area contributed by atoms with Crippen LogP contribution in [0.1, 0.15) is 44.1 Å². The number of hydrogen-bond donors (Lipinski definition) is 3. The summed E-state index contributed by atoms with van der Waals surface area (Å²) < 4.78 is 0. The number of carboxylic acid groups (broad SMARTS) is 1. The van der Waals surface area contributed by atoms with E-state index in [4.69, 9.17) is 0 Å². The Balaban J connectivity index is 2.07. The Bertz CT molecular complexity index is 547. The van der Waals surface area contributed by atoms with E-state index in [9.17, 15) is 19.8 Å². The van der Waals surface area contributed by atoms with Gasteiger partial charge in [0.15, 0.2) is 0 Å². The number of rotatable bonds is 4. The van der Waals surface area contributed by atoms with Crippen molar-refractivity contribution in [3.8, 4) is 5.75 Å². The van der Waals surface area contributed by atoms with Crippen molar-refractivity contribution in [2.24, 2.45) is 5.41 Å². The summed E-state index contributed by atoms with van der Waals surface area (Å²) in [5.41, 5.74) is 0.429. The van der Waals surface area contributed by atoms with Crippen molar-refractivity contribution in [3.63, 3.8) is 0 Å². The highest BCUT2D eigenvalue weighted by Gasteiger charge is 2.41. The molecule has 21 heavy (non-hydrogen) atoms. The van der Waals surface area contributed by atoms with Gasteiger partial charge in [0, 0.05) is 12.1 Å². The number of amides is 1. The minimum atomic E-state index is -0.923. The van der Waals surface area contributed by atoms with Gasteiger partial charge in [-0.3, -0.25) is 9.59 Å². The maximum Gasteiger partial charge on any atom is 0.310 e. The number of aryl methyl sites for hydroxylation is 1. The van der Waals surface area contributed by atoms with Crippen molar-refractivity contribution in [2.75, 3.05) is 5.32 Å². The smallest absolute Gasteiger partial charge is 0.310 e. The molecule has 0 unspecified atom stereocenters. The van der Waals surface area contributed by atoms with Gasteiger partial charge in [-0.05, 0) is 43.5 Å². The first-order chi connectivity index (χ1) is 9.93. The van der Waals surface area contributed by atoms with Crippen LogP contribution in [0, 0.1) is 12.3 Å². The molecule has 1 aliphatic carbocycles.